The second kappa shape index (κ2) is 9.25. The number of hydrogen-bond donors (Lipinski definition) is 2. The molecule has 0 radical (unpaired) electrons. The van der Waals surface area contributed by atoms with Crippen LogP contribution in [0.3, 0.4) is 0 Å². The Morgan fingerprint density at radius 3 is 2.68 bits per heavy atom. The van der Waals surface area contributed by atoms with Crippen molar-refractivity contribution in [3.05, 3.63) is 42.2 Å². The number of benzene rings is 1. The van der Waals surface area contributed by atoms with Crippen LogP contribution in [0.4, 0.5) is 10.7 Å². The first kappa shape index (κ1) is 19.7. The fraction of sp³-hybridized carbons (Fsp3) is 0.450. The minimum atomic E-state index is -0.192. The quantitative estimate of drug-likeness (QED) is 0.794. The molecule has 1 aromatic heterocycles. The summed E-state index contributed by atoms with van der Waals surface area (Å²) < 4.78 is 10.6. The monoisotopic (exact) mass is 385 g/mol. The average molecular weight is 385 g/mol. The molecule has 28 heavy (non-hydrogen) atoms. The van der Waals surface area contributed by atoms with Crippen molar-refractivity contribution in [2.75, 3.05) is 32.2 Å². The molecule has 0 saturated carbocycles. The van der Waals surface area contributed by atoms with E-state index in [0.29, 0.717) is 24.0 Å². The Morgan fingerprint density at radius 1 is 1.21 bits per heavy atom. The number of hydrogen-bond acceptors (Lipinski definition) is 6. The van der Waals surface area contributed by atoms with Crippen molar-refractivity contribution < 1.29 is 14.3 Å². The number of urea groups is 1. The van der Waals surface area contributed by atoms with Crippen LogP contribution < -0.4 is 25.0 Å². The summed E-state index contributed by atoms with van der Waals surface area (Å²) in [5, 5.41) is 6.06. The summed E-state index contributed by atoms with van der Waals surface area (Å²) in [5.74, 6) is 2.00. The lowest BCUT2D eigenvalue weighted by molar-refractivity contribution is 0.232. The first-order valence-electron chi connectivity index (χ1n) is 9.41. The molecule has 2 unspecified atom stereocenters. The van der Waals surface area contributed by atoms with Crippen LogP contribution in [0.15, 0.2) is 36.7 Å². The lowest BCUT2D eigenvalue weighted by Crippen LogP contribution is -2.51. The van der Waals surface area contributed by atoms with Gasteiger partial charge in [0.1, 0.15) is 0 Å². The van der Waals surface area contributed by atoms with Gasteiger partial charge in [0.05, 0.1) is 20.3 Å². The molecular weight excluding hydrogens is 358 g/mol. The van der Waals surface area contributed by atoms with Crippen LogP contribution in [-0.4, -0.2) is 49.4 Å². The second-order valence-electron chi connectivity index (χ2n) is 6.79. The molecule has 150 valence electrons. The summed E-state index contributed by atoms with van der Waals surface area (Å²) in [4.78, 5) is 23.2. The molecule has 2 amide bonds. The Morgan fingerprint density at radius 2 is 1.96 bits per heavy atom. The molecule has 1 fully saturated rings. The Labute approximate surface area is 165 Å². The maximum atomic E-state index is 12.5. The number of amides is 2. The fourth-order valence-electron chi connectivity index (χ4n) is 3.36. The topological polar surface area (TPSA) is 88.6 Å². The van der Waals surface area contributed by atoms with E-state index in [9.17, 15) is 4.79 Å². The largest absolute Gasteiger partial charge is 0.493 e. The highest BCUT2D eigenvalue weighted by atomic mass is 16.5. The highest BCUT2D eigenvalue weighted by molar-refractivity contribution is 5.75. The van der Waals surface area contributed by atoms with Crippen molar-refractivity contribution in [3.8, 4) is 11.5 Å². The number of nitrogens with zero attached hydrogens (tertiary/aromatic N) is 3. The Hall–Kier alpha value is -3.03. The summed E-state index contributed by atoms with van der Waals surface area (Å²) >= 11 is 0. The molecule has 1 aliphatic rings. The first-order valence-corrected chi connectivity index (χ1v) is 9.41. The van der Waals surface area contributed by atoms with Crippen molar-refractivity contribution in [3.63, 3.8) is 0 Å². The summed E-state index contributed by atoms with van der Waals surface area (Å²) in [5.41, 5.74) is 0.941. The minimum Gasteiger partial charge on any atom is -0.493 e. The van der Waals surface area contributed by atoms with Gasteiger partial charge in [-0.2, -0.15) is 0 Å². The first-order chi connectivity index (χ1) is 13.6. The molecule has 0 spiro atoms. The minimum absolute atomic E-state index is 0.0511. The zero-order valence-corrected chi connectivity index (χ0v) is 16.5. The van der Waals surface area contributed by atoms with E-state index in [1.807, 2.05) is 25.1 Å². The van der Waals surface area contributed by atoms with Crippen LogP contribution in [0.25, 0.3) is 0 Å². The lowest BCUT2D eigenvalue weighted by Gasteiger charge is -2.33. The highest BCUT2D eigenvalue weighted by Crippen LogP contribution is 2.29. The summed E-state index contributed by atoms with van der Waals surface area (Å²) in [6.07, 6.45) is 5.38. The summed E-state index contributed by atoms with van der Waals surface area (Å²) in [7, 11) is 3.19. The van der Waals surface area contributed by atoms with Crippen LogP contribution in [0, 0.1) is 0 Å². The van der Waals surface area contributed by atoms with E-state index in [1.165, 1.54) is 0 Å². The third-order valence-electron chi connectivity index (χ3n) is 4.85. The van der Waals surface area contributed by atoms with Gasteiger partial charge in [0.25, 0.3) is 0 Å². The molecule has 3 rings (SSSR count). The number of methoxy groups -OCH3 is 2. The SMILES string of the molecule is COc1ccc(C(C)NC(=O)NC2CCCN(c3ncccn3)C2)cc1OC. The molecule has 0 bridgehead atoms. The van der Waals surface area contributed by atoms with Gasteiger partial charge in [-0.25, -0.2) is 14.8 Å². The number of aromatic nitrogens is 2. The zero-order chi connectivity index (χ0) is 19.9. The predicted molar refractivity (Wildman–Crippen MR) is 107 cm³/mol. The van der Waals surface area contributed by atoms with Gasteiger partial charge in [-0.15, -0.1) is 0 Å². The van der Waals surface area contributed by atoms with Crippen molar-refractivity contribution in [1.29, 1.82) is 0 Å². The van der Waals surface area contributed by atoms with Gasteiger partial charge < -0.3 is 25.0 Å². The van der Waals surface area contributed by atoms with Crippen LogP contribution in [-0.2, 0) is 0 Å². The molecule has 8 heteroatoms. The zero-order valence-electron chi connectivity index (χ0n) is 16.5. The number of ether oxygens (including phenoxy) is 2. The van der Waals surface area contributed by atoms with Gasteiger partial charge in [0.2, 0.25) is 5.95 Å². The predicted octanol–water partition coefficient (Wildman–Crippen LogP) is 2.52. The fourth-order valence-corrected chi connectivity index (χ4v) is 3.36. The molecule has 2 heterocycles. The van der Waals surface area contributed by atoms with Crippen LogP contribution in [0.2, 0.25) is 0 Å². The molecule has 1 saturated heterocycles. The van der Waals surface area contributed by atoms with Crippen LogP contribution >= 0.6 is 0 Å². The number of carbonyl (C=O) groups excluding carboxylic acids is 1. The molecule has 1 aromatic carbocycles. The Kier molecular flexibility index (Phi) is 6.52. The molecule has 1 aliphatic heterocycles. The van der Waals surface area contributed by atoms with E-state index in [2.05, 4.69) is 25.5 Å². The number of nitrogens with one attached hydrogen (secondary N) is 2. The summed E-state index contributed by atoms with van der Waals surface area (Å²) in [6.45, 7) is 3.53. The second-order valence-corrected chi connectivity index (χ2v) is 6.79. The lowest BCUT2D eigenvalue weighted by atomic mass is 10.1. The van der Waals surface area contributed by atoms with E-state index in [4.69, 9.17) is 9.47 Å². The van der Waals surface area contributed by atoms with Gasteiger partial charge in [-0.3, -0.25) is 0 Å². The van der Waals surface area contributed by atoms with E-state index in [0.717, 1.165) is 24.9 Å². The standard InChI is InChI=1S/C20H27N5O3/c1-14(15-7-8-17(27-2)18(12-15)28-3)23-20(26)24-16-6-4-11-25(13-16)19-21-9-5-10-22-19/h5,7-10,12,14,16H,4,6,11,13H2,1-3H3,(H2,23,24,26). The van der Waals surface area contributed by atoms with E-state index >= 15 is 0 Å². The number of piperidine rings is 1. The number of anilines is 1. The van der Waals surface area contributed by atoms with Gasteiger partial charge in [0.15, 0.2) is 11.5 Å². The Bertz CT molecular complexity index is 787. The van der Waals surface area contributed by atoms with Crippen LogP contribution in [0.1, 0.15) is 31.4 Å². The molecular formula is C20H27N5O3. The third kappa shape index (κ3) is 4.82. The van der Waals surface area contributed by atoms with Crippen molar-refractivity contribution >= 4 is 12.0 Å². The third-order valence-corrected chi connectivity index (χ3v) is 4.85. The Balaban J connectivity index is 1.56. The van der Waals surface area contributed by atoms with E-state index < -0.39 is 0 Å². The molecule has 2 aromatic rings. The van der Waals surface area contributed by atoms with Gasteiger partial charge in [0, 0.05) is 31.5 Å². The normalized spacial score (nSPS) is 17.5. The van der Waals surface area contributed by atoms with Crippen molar-refractivity contribution in [2.24, 2.45) is 0 Å². The number of rotatable bonds is 6. The molecule has 2 N–H and O–H groups in total. The van der Waals surface area contributed by atoms with Gasteiger partial charge in [-0.1, -0.05) is 6.07 Å². The van der Waals surface area contributed by atoms with Gasteiger partial charge >= 0.3 is 6.03 Å². The smallest absolute Gasteiger partial charge is 0.315 e. The molecule has 2 atom stereocenters. The van der Waals surface area contributed by atoms with Crippen molar-refractivity contribution in [1.82, 2.24) is 20.6 Å². The van der Waals surface area contributed by atoms with Crippen LogP contribution in [0.5, 0.6) is 11.5 Å². The van der Waals surface area contributed by atoms with Crippen molar-refractivity contribution in [2.45, 2.75) is 31.8 Å². The van der Waals surface area contributed by atoms with E-state index in [-0.39, 0.29) is 18.1 Å². The van der Waals surface area contributed by atoms with Gasteiger partial charge in [-0.05, 0) is 43.5 Å². The molecule has 8 nitrogen and oxygen atoms in total. The maximum Gasteiger partial charge on any atom is 0.315 e. The maximum absolute atomic E-state index is 12.5. The number of carbonyl (C=O) groups is 1. The van der Waals surface area contributed by atoms with E-state index in [1.54, 1.807) is 32.7 Å². The summed E-state index contributed by atoms with van der Waals surface area (Å²) in [6, 6.07) is 7.12. The molecule has 0 aliphatic carbocycles. The highest BCUT2D eigenvalue weighted by Gasteiger charge is 2.23. The average Bonchev–Trinajstić information content (AvgIpc) is 2.73.